The molecule has 6 heteroatoms. The molecule has 182 valence electrons. The molecular formula is C30H29N3O3. The number of hydrogen-bond acceptors (Lipinski definition) is 3. The molecule has 0 unspecified atom stereocenters. The molecule has 3 aromatic carbocycles. The Bertz CT molecular complexity index is 1440. The number of anilines is 1. The number of allylic oxidation sites excluding steroid dienone is 1. The van der Waals surface area contributed by atoms with Crippen LogP contribution in [-0.4, -0.2) is 37.0 Å². The van der Waals surface area contributed by atoms with Crippen LogP contribution in [0.25, 0.3) is 17.0 Å². The van der Waals surface area contributed by atoms with Crippen molar-refractivity contribution in [1.82, 2.24) is 10.3 Å². The number of hydrogen-bond donors (Lipinski definition) is 2. The minimum absolute atomic E-state index is 0.175. The Balaban J connectivity index is 1.50. The number of nitrogens with zero attached hydrogens (tertiary/aromatic N) is 1. The Morgan fingerprint density at radius 3 is 2.58 bits per heavy atom. The fraction of sp³-hybridized carbons (Fsp3) is 0.200. The summed E-state index contributed by atoms with van der Waals surface area (Å²) in [6, 6.07) is 22.8. The van der Waals surface area contributed by atoms with Crippen LogP contribution in [0.3, 0.4) is 0 Å². The zero-order valence-corrected chi connectivity index (χ0v) is 20.5. The fourth-order valence-corrected chi connectivity index (χ4v) is 4.76. The van der Waals surface area contributed by atoms with Crippen LogP contribution in [0, 0.1) is 0 Å². The van der Waals surface area contributed by atoms with Gasteiger partial charge in [0.05, 0.1) is 13.5 Å². The van der Waals surface area contributed by atoms with Gasteiger partial charge < -0.3 is 19.9 Å². The second-order valence-electron chi connectivity index (χ2n) is 9.09. The summed E-state index contributed by atoms with van der Waals surface area (Å²) in [7, 11) is 3.34. The van der Waals surface area contributed by atoms with Crippen LogP contribution in [0.2, 0.25) is 0 Å². The largest absolute Gasteiger partial charge is 0.497 e. The summed E-state index contributed by atoms with van der Waals surface area (Å²) in [5, 5.41) is 4.05. The van der Waals surface area contributed by atoms with E-state index < -0.39 is 6.04 Å². The molecule has 2 N–H and O–H groups in total. The van der Waals surface area contributed by atoms with Crippen LogP contribution in [0.15, 0.2) is 78.9 Å². The molecule has 1 aliphatic heterocycles. The number of rotatable bonds is 3. The van der Waals surface area contributed by atoms with Gasteiger partial charge in [-0.2, -0.15) is 0 Å². The van der Waals surface area contributed by atoms with Crippen LogP contribution >= 0.6 is 0 Å². The number of ether oxygens (including phenoxy) is 1. The van der Waals surface area contributed by atoms with E-state index in [-0.39, 0.29) is 18.2 Å². The first-order valence-electron chi connectivity index (χ1n) is 12.1. The smallest absolute Gasteiger partial charge is 0.249 e. The van der Waals surface area contributed by atoms with E-state index in [0.717, 1.165) is 51.1 Å². The molecule has 0 aliphatic carbocycles. The van der Waals surface area contributed by atoms with E-state index in [1.54, 1.807) is 19.1 Å². The molecule has 0 saturated carbocycles. The van der Waals surface area contributed by atoms with Gasteiger partial charge in [-0.3, -0.25) is 9.59 Å². The number of carbonyl (C=O) groups excluding carboxylic acids is 2. The van der Waals surface area contributed by atoms with Crippen molar-refractivity contribution in [2.24, 2.45) is 0 Å². The lowest BCUT2D eigenvalue weighted by atomic mass is 10.0. The molecule has 2 heterocycles. The van der Waals surface area contributed by atoms with E-state index in [9.17, 15) is 9.59 Å². The third-order valence-electron chi connectivity index (χ3n) is 6.68. The van der Waals surface area contributed by atoms with Gasteiger partial charge in [-0.15, -0.1) is 0 Å². The Labute approximate surface area is 210 Å². The zero-order chi connectivity index (χ0) is 25.1. The lowest BCUT2D eigenvalue weighted by molar-refractivity contribution is -0.127. The van der Waals surface area contributed by atoms with Crippen molar-refractivity contribution in [3.8, 4) is 5.75 Å². The second-order valence-corrected chi connectivity index (χ2v) is 9.09. The standard InChI is InChI=1S/C30H29N3O3/c1-33(22-13-15-23(36-2)16-14-22)30(35)28-18-21-9-5-7-20(17-21)8-6-12-27-25(19-29(34)32-28)24-10-3-4-11-26(24)31-27/h3-7,9-17,28,31H,8,18-19H2,1-2H3,(H,32,34)/b12-6-/t28-/m0/s1. The normalized spacial score (nSPS) is 16.6. The predicted molar refractivity (Wildman–Crippen MR) is 143 cm³/mol. The highest BCUT2D eigenvalue weighted by Gasteiger charge is 2.26. The van der Waals surface area contributed by atoms with E-state index in [1.807, 2.05) is 66.7 Å². The number of likely N-dealkylation sites (N-methyl/N-ethyl adjacent to an activating group) is 1. The number of para-hydroxylation sites is 1. The van der Waals surface area contributed by atoms with Crippen molar-refractivity contribution >= 4 is 34.5 Å². The molecule has 0 spiro atoms. The number of aromatic nitrogens is 1. The van der Waals surface area contributed by atoms with Crippen molar-refractivity contribution in [2.45, 2.75) is 25.3 Å². The maximum Gasteiger partial charge on any atom is 0.249 e. The average Bonchev–Trinajstić information content (AvgIpc) is 3.24. The Kier molecular flexibility index (Phi) is 6.58. The van der Waals surface area contributed by atoms with Crippen molar-refractivity contribution < 1.29 is 14.3 Å². The number of methoxy groups -OCH3 is 1. The lowest BCUT2D eigenvalue weighted by Gasteiger charge is -2.25. The molecule has 36 heavy (non-hydrogen) atoms. The Morgan fingerprint density at radius 2 is 1.78 bits per heavy atom. The van der Waals surface area contributed by atoms with Crippen molar-refractivity contribution in [1.29, 1.82) is 0 Å². The van der Waals surface area contributed by atoms with Gasteiger partial charge in [-0.1, -0.05) is 48.5 Å². The molecule has 4 aromatic rings. The Morgan fingerprint density at radius 1 is 1.00 bits per heavy atom. The lowest BCUT2D eigenvalue weighted by Crippen LogP contribution is -2.49. The average molecular weight is 480 g/mol. The number of H-pyrrole nitrogens is 1. The first-order chi connectivity index (χ1) is 17.5. The summed E-state index contributed by atoms with van der Waals surface area (Å²) in [5.41, 5.74) is 5.73. The number of fused-ring (bicyclic) bond motifs is 5. The molecule has 1 aromatic heterocycles. The molecule has 1 aliphatic rings. The molecule has 0 fully saturated rings. The number of amides is 2. The third-order valence-corrected chi connectivity index (χ3v) is 6.68. The Hall–Kier alpha value is -4.32. The number of aromatic amines is 1. The quantitative estimate of drug-likeness (QED) is 0.448. The first-order valence-corrected chi connectivity index (χ1v) is 12.1. The van der Waals surface area contributed by atoms with Gasteiger partial charge in [0, 0.05) is 35.8 Å². The summed E-state index contributed by atoms with van der Waals surface area (Å²) in [4.78, 5) is 32.0. The van der Waals surface area contributed by atoms with Gasteiger partial charge >= 0.3 is 0 Å². The van der Waals surface area contributed by atoms with E-state index >= 15 is 0 Å². The van der Waals surface area contributed by atoms with Crippen molar-refractivity contribution in [2.75, 3.05) is 19.1 Å². The van der Waals surface area contributed by atoms with Gasteiger partial charge in [-0.05, 0) is 59.5 Å². The summed E-state index contributed by atoms with van der Waals surface area (Å²) in [6.07, 6.45) is 5.51. The highest BCUT2D eigenvalue weighted by atomic mass is 16.5. The summed E-state index contributed by atoms with van der Waals surface area (Å²) >= 11 is 0. The highest BCUT2D eigenvalue weighted by Crippen LogP contribution is 2.25. The topological polar surface area (TPSA) is 74.4 Å². The number of carbonyl (C=O) groups is 2. The summed E-state index contributed by atoms with van der Waals surface area (Å²) in [5.74, 6) is 0.354. The molecule has 6 nitrogen and oxygen atoms in total. The molecule has 1 atom stereocenters. The van der Waals surface area contributed by atoms with Crippen LogP contribution in [-0.2, 0) is 28.9 Å². The van der Waals surface area contributed by atoms with Crippen LogP contribution in [0.5, 0.6) is 5.75 Å². The van der Waals surface area contributed by atoms with Crippen molar-refractivity contribution in [3.63, 3.8) is 0 Å². The summed E-state index contributed by atoms with van der Waals surface area (Å²) in [6.45, 7) is 0. The van der Waals surface area contributed by atoms with E-state index in [0.29, 0.717) is 6.42 Å². The van der Waals surface area contributed by atoms with E-state index in [2.05, 4.69) is 28.5 Å². The van der Waals surface area contributed by atoms with Gasteiger partial charge in [0.15, 0.2) is 0 Å². The monoisotopic (exact) mass is 479 g/mol. The van der Waals surface area contributed by atoms with E-state index in [1.165, 1.54) is 0 Å². The fourth-order valence-electron chi connectivity index (χ4n) is 4.76. The van der Waals surface area contributed by atoms with Gasteiger partial charge in [0.25, 0.3) is 0 Å². The maximum absolute atomic E-state index is 13.6. The minimum Gasteiger partial charge on any atom is -0.497 e. The number of benzene rings is 3. The maximum atomic E-state index is 13.6. The predicted octanol–water partition coefficient (Wildman–Crippen LogP) is 4.68. The molecule has 2 bridgehead atoms. The summed E-state index contributed by atoms with van der Waals surface area (Å²) < 4.78 is 5.24. The minimum atomic E-state index is -0.706. The van der Waals surface area contributed by atoms with E-state index in [4.69, 9.17) is 4.74 Å². The SMILES string of the molecule is COc1ccc(N(C)C(=O)[C@@H]2Cc3cccc(c3)C/C=C\c3[nH]c4ccccc4c3CC(=O)N2)cc1. The highest BCUT2D eigenvalue weighted by molar-refractivity contribution is 6.00. The molecular weight excluding hydrogens is 450 g/mol. The number of nitrogens with one attached hydrogen (secondary N) is 2. The molecule has 0 saturated heterocycles. The van der Waals surface area contributed by atoms with Gasteiger partial charge in [0.1, 0.15) is 11.8 Å². The molecule has 0 radical (unpaired) electrons. The van der Waals surface area contributed by atoms with Gasteiger partial charge in [0.2, 0.25) is 11.8 Å². The van der Waals surface area contributed by atoms with Crippen LogP contribution in [0.1, 0.15) is 22.4 Å². The van der Waals surface area contributed by atoms with Crippen LogP contribution in [0.4, 0.5) is 5.69 Å². The second kappa shape index (κ2) is 10.1. The molecule has 5 rings (SSSR count). The molecule has 2 amide bonds. The first kappa shape index (κ1) is 23.4. The van der Waals surface area contributed by atoms with Gasteiger partial charge in [-0.25, -0.2) is 0 Å². The van der Waals surface area contributed by atoms with Crippen molar-refractivity contribution in [3.05, 3.63) is 101 Å². The van der Waals surface area contributed by atoms with Crippen LogP contribution < -0.4 is 15.0 Å². The third kappa shape index (κ3) is 4.89. The zero-order valence-electron chi connectivity index (χ0n) is 20.5.